The SMILES string of the molecule is O=C(NCc1ccc(Cl)s1)c1cccc([N+](=O)[O-])c1Br. The van der Waals surface area contributed by atoms with E-state index in [-0.39, 0.29) is 21.6 Å². The van der Waals surface area contributed by atoms with Crippen LogP contribution in [0.3, 0.4) is 0 Å². The average molecular weight is 376 g/mol. The summed E-state index contributed by atoms with van der Waals surface area (Å²) < 4.78 is 0.817. The lowest BCUT2D eigenvalue weighted by molar-refractivity contribution is -0.385. The molecular weight excluding hydrogens is 368 g/mol. The lowest BCUT2D eigenvalue weighted by Gasteiger charge is -2.06. The van der Waals surface area contributed by atoms with Gasteiger partial charge in [0.15, 0.2) is 0 Å². The molecule has 20 heavy (non-hydrogen) atoms. The monoisotopic (exact) mass is 374 g/mol. The van der Waals surface area contributed by atoms with E-state index in [0.717, 1.165) is 4.88 Å². The van der Waals surface area contributed by atoms with Gasteiger partial charge in [-0.15, -0.1) is 11.3 Å². The largest absolute Gasteiger partial charge is 0.347 e. The summed E-state index contributed by atoms with van der Waals surface area (Å²) in [6.45, 7) is 0.325. The van der Waals surface area contributed by atoms with Crippen LogP contribution in [0.2, 0.25) is 4.34 Å². The number of amides is 1. The second-order valence-electron chi connectivity index (χ2n) is 3.78. The number of carbonyl (C=O) groups is 1. The second kappa shape index (κ2) is 6.34. The fourth-order valence-electron chi connectivity index (χ4n) is 1.55. The summed E-state index contributed by atoms with van der Waals surface area (Å²) in [6, 6.07) is 7.89. The number of nitrogens with one attached hydrogen (secondary N) is 1. The Labute approximate surface area is 131 Å². The summed E-state index contributed by atoms with van der Waals surface area (Å²) in [5.41, 5.74) is 0.0821. The zero-order valence-electron chi connectivity index (χ0n) is 9.93. The van der Waals surface area contributed by atoms with Crippen LogP contribution in [0.25, 0.3) is 0 Å². The predicted octanol–water partition coefficient (Wildman–Crippen LogP) is 4.00. The van der Waals surface area contributed by atoms with Crippen LogP contribution < -0.4 is 5.32 Å². The maximum absolute atomic E-state index is 12.0. The summed E-state index contributed by atoms with van der Waals surface area (Å²) >= 11 is 10.3. The van der Waals surface area contributed by atoms with Crippen LogP contribution in [-0.4, -0.2) is 10.8 Å². The lowest BCUT2D eigenvalue weighted by Crippen LogP contribution is -2.22. The highest BCUT2D eigenvalue weighted by molar-refractivity contribution is 9.10. The van der Waals surface area contributed by atoms with Gasteiger partial charge in [0.05, 0.1) is 21.4 Å². The van der Waals surface area contributed by atoms with Crippen molar-refractivity contribution in [3.63, 3.8) is 0 Å². The van der Waals surface area contributed by atoms with E-state index in [1.165, 1.54) is 29.5 Å². The van der Waals surface area contributed by atoms with Gasteiger partial charge >= 0.3 is 0 Å². The van der Waals surface area contributed by atoms with Gasteiger partial charge in [-0.1, -0.05) is 17.7 Å². The standard InChI is InChI=1S/C12H8BrClN2O3S/c13-11-8(2-1-3-9(11)16(18)19)12(17)15-6-7-4-5-10(14)20-7/h1-5H,6H2,(H,15,17). The van der Waals surface area contributed by atoms with Crippen LogP contribution >= 0.6 is 38.9 Å². The van der Waals surface area contributed by atoms with E-state index in [1.54, 1.807) is 6.07 Å². The molecule has 104 valence electrons. The van der Waals surface area contributed by atoms with Gasteiger partial charge < -0.3 is 5.32 Å². The summed E-state index contributed by atoms with van der Waals surface area (Å²) in [7, 11) is 0. The second-order valence-corrected chi connectivity index (χ2v) is 6.38. The molecule has 0 bridgehead atoms. The van der Waals surface area contributed by atoms with Gasteiger partial charge in [0.25, 0.3) is 11.6 Å². The molecule has 2 aromatic rings. The number of hydrogen-bond acceptors (Lipinski definition) is 4. The summed E-state index contributed by atoms with van der Waals surface area (Å²) in [4.78, 5) is 23.2. The molecule has 8 heteroatoms. The molecule has 0 saturated heterocycles. The van der Waals surface area contributed by atoms with Crippen molar-refractivity contribution in [2.75, 3.05) is 0 Å². The van der Waals surface area contributed by atoms with E-state index < -0.39 is 4.92 Å². The molecular formula is C12H8BrClN2O3S. The summed E-state index contributed by atoms with van der Waals surface area (Å²) in [5, 5.41) is 13.5. The fourth-order valence-corrected chi connectivity index (χ4v) is 3.16. The topological polar surface area (TPSA) is 72.2 Å². The van der Waals surface area contributed by atoms with Gasteiger partial charge in [0, 0.05) is 10.9 Å². The Morgan fingerprint density at radius 2 is 2.15 bits per heavy atom. The molecule has 0 fully saturated rings. The van der Waals surface area contributed by atoms with Crippen molar-refractivity contribution < 1.29 is 9.72 Å². The maximum atomic E-state index is 12.0. The molecule has 2 rings (SSSR count). The Morgan fingerprint density at radius 3 is 2.75 bits per heavy atom. The Morgan fingerprint density at radius 1 is 1.40 bits per heavy atom. The molecule has 0 aliphatic rings. The van der Waals surface area contributed by atoms with E-state index in [2.05, 4.69) is 21.2 Å². The van der Waals surface area contributed by atoms with Crippen molar-refractivity contribution in [2.45, 2.75) is 6.54 Å². The van der Waals surface area contributed by atoms with Crippen molar-refractivity contribution >= 4 is 50.5 Å². The minimum Gasteiger partial charge on any atom is -0.347 e. The number of hydrogen-bond donors (Lipinski definition) is 1. The zero-order valence-corrected chi connectivity index (χ0v) is 13.1. The van der Waals surface area contributed by atoms with Crippen molar-refractivity contribution in [1.82, 2.24) is 5.32 Å². The highest BCUT2D eigenvalue weighted by Crippen LogP contribution is 2.28. The third-order valence-corrected chi connectivity index (χ3v) is 4.54. The minimum absolute atomic E-state index is 0.142. The molecule has 0 radical (unpaired) electrons. The molecule has 1 aromatic carbocycles. The molecule has 1 N–H and O–H groups in total. The Balaban J connectivity index is 2.13. The quantitative estimate of drug-likeness (QED) is 0.648. The highest BCUT2D eigenvalue weighted by atomic mass is 79.9. The number of thiophene rings is 1. The van der Waals surface area contributed by atoms with Gasteiger partial charge in [-0.05, 0) is 34.1 Å². The number of nitrogens with zero attached hydrogens (tertiary/aromatic N) is 1. The molecule has 0 spiro atoms. The van der Waals surface area contributed by atoms with Crippen molar-refractivity contribution in [3.8, 4) is 0 Å². The van der Waals surface area contributed by atoms with Crippen LogP contribution in [0.5, 0.6) is 0 Å². The molecule has 0 aliphatic carbocycles. The first-order valence-electron chi connectivity index (χ1n) is 5.44. The van der Waals surface area contributed by atoms with E-state index in [1.807, 2.05) is 6.07 Å². The molecule has 1 aromatic heterocycles. The van der Waals surface area contributed by atoms with E-state index in [4.69, 9.17) is 11.6 Å². The molecule has 1 amide bonds. The van der Waals surface area contributed by atoms with Crippen LogP contribution in [0.4, 0.5) is 5.69 Å². The number of benzene rings is 1. The molecule has 0 unspecified atom stereocenters. The van der Waals surface area contributed by atoms with Gasteiger partial charge in [-0.3, -0.25) is 14.9 Å². The lowest BCUT2D eigenvalue weighted by atomic mass is 10.2. The van der Waals surface area contributed by atoms with Crippen LogP contribution in [0.1, 0.15) is 15.2 Å². The van der Waals surface area contributed by atoms with Gasteiger partial charge in [-0.2, -0.15) is 0 Å². The first-order chi connectivity index (χ1) is 9.49. The van der Waals surface area contributed by atoms with Crippen LogP contribution in [0.15, 0.2) is 34.8 Å². The third-order valence-electron chi connectivity index (χ3n) is 2.47. The van der Waals surface area contributed by atoms with Crippen LogP contribution in [-0.2, 0) is 6.54 Å². The normalized spacial score (nSPS) is 10.3. The smallest absolute Gasteiger partial charge is 0.284 e. The number of nitro groups is 1. The summed E-state index contributed by atoms with van der Waals surface area (Å²) in [5.74, 6) is -0.384. The Hall–Kier alpha value is -1.44. The molecule has 0 aliphatic heterocycles. The first-order valence-corrected chi connectivity index (χ1v) is 7.43. The van der Waals surface area contributed by atoms with Gasteiger partial charge in [-0.25, -0.2) is 0 Å². The third kappa shape index (κ3) is 3.36. The zero-order chi connectivity index (χ0) is 14.7. The summed E-state index contributed by atoms with van der Waals surface area (Å²) in [6.07, 6.45) is 0. The van der Waals surface area contributed by atoms with E-state index in [9.17, 15) is 14.9 Å². The molecule has 5 nitrogen and oxygen atoms in total. The van der Waals surface area contributed by atoms with Crippen molar-refractivity contribution in [1.29, 1.82) is 0 Å². The number of carbonyl (C=O) groups excluding carboxylic acids is 1. The van der Waals surface area contributed by atoms with Gasteiger partial charge in [0.2, 0.25) is 0 Å². The van der Waals surface area contributed by atoms with Crippen molar-refractivity contribution in [2.24, 2.45) is 0 Å². The average Bonchev–Trinajstić information content (AvgIpc) is 2.81. The number of nitro benzene ring substituents is 1. The van der Waals surface area contributed by atoms with Gasteiger partial charge in [0.1, 0.15) is 4.47 Å². The first kappa shape index (κ1) is 15.0. The maximum Gasteiger partial charge on any atom is 0.284 e. The highest BCUT2D eigenvalue weighted by Gasteiger charge is 2.19. The molecule has 0 saturated carbocycles. The Kier molecular flexibility index (Phi) is 4.74. The predicted molar refractivity (Wildman–Crippen MR) is 81.3 cm³/mol. The van der Waals surface area contributed by atoms with E-state index in [0.29, 0.717) is 10.9 Å². The number of halogens is 2. The van der Waals surface area contributed by atoms with E-state index >= 15 is 0 Å². The Bertz CT molecular complexity index is 674. The minimum atomic E-state index is -0.542. The number of rotatable bonds is 4. The molecule has 1 heterocycles. The van der Waals surface area contributed by atoms with Crippen molar-refractivity contribution in [3.05, 3.63) is 59.7 Å². The molecule has 0 atom stereocenters. The van der Waals surface area contributed by atoms with Crippen LogP contribution in [0, 0.1) is 10.1 Å². The fraction of sp³-hybridized carbons (Fsp3) is 0.0833.